The van der Waals surface area contributed by atoms with Crippen LogP contribution in [0.1, 0.15) is 10.6 Å². The van der Waals surface area contributed by atoms with Crippen molar-refractivity contribution in [2.75, 3.05) is 0 Å². The maximum absolute atomic E-state index is 10.8. The highest BCUT2D eigenvalue weighted by molar-refractivity contribution is 6.29. The van der Waals surface area contributed by atoms with Crippen molar-refractivity contribution in [3.05, 3.63) is 23.1 Å². The summed E-state index contributed by atoms with van der Waals surface area (Å²) in [5.41, 5.74) is 0. The summed E-state index contributed by atoms with van der Waals surface area (Å²) in [6.45, 7) is 0. The molecular weight excluding hydrogens is 168 g/mol. The van der Waals surface area contributed by atoms with Crippen molar-refractivity contribution in [2.24, 2.45) is 0 Å². The second-order valence-corrected chi connectivity index (χ2v) is 2.04. The third kappa shape index (κ3) is 1.72. The lowest BCUT2D eigenvalue weighted by Gasteiger charge is -1.88. The largest absolute Gasteiger partial charge is 0.440 e. The second-order valence-electron chi connectivity index (χ2n) is 1.67. The lowest BCUT2D eigenvalue weighted by molar-refractivity contribution is 0.0946. The van der Waals surface area contributed by atoms with Gasteiger partial charge in [-0.1, -0.05) is 0 Å². The van der Waals surface area contributed by atoms with Crippen molar-refractivity contribution in [3.63, 3.8) is 0 Å². The molecule has 11 heavy (non-hydrogen) atoms. The minimum atomic E-state index is -0.598. The van der Waals surface area contributed by atoms with Gasteiger partial charge in [0.1, 0.15) is 0 Å². The maximum Gasteiger partial charge on any atom is 0.300 e. The van der Waals surface area contributed by atoms with Crippen LogP contribution in [-0.2, 0) is 0 Å². The number of nitrogens with one attached hydrogen (secondary N) is 1. The summed E-state index contributed by atoms with van der Waals surface area (Å²) in [4.78, 5) is 10.8. The highest BCUT2D eigenvalue weighted by Crippen LogP contribution is 2.12. The Morgan fingerprint density at radius 2 is 2.45 bits per heavy atom. The fraction of sp³-hybridized carbons (Fsp3) is 0. The maximum atomic E-state index is 10.8. The Labute approximate surface area is 67.4 Å². The highest BCUT2D eigenvalue weighted by atomic mass is 35.5. The number of rotatable bonds is 1. The van der Waals surface area contributed by atoms with Crippen molar-refractivity contribution in [1.82, 2.24) is 5.32 Å². The SMILES string of the molecule is N#CNC(=O)c1ccc(Cl)o1. The lowest BCUT2D eigenvalue weighted by Crippen LogP contribution is -2.16. The Kier molecular flexibility index (Phi) is 2.14. The topological polar surface area (TPSA) is 66.0 Å². The quantitative estimate of drug-likeness (QED) is 0.508. The molecule has 0 unspecified atom stereocenters. The van der Waals surface area contributed by atoms with Crippen LogP contribution < -0.4 is 5.32 Å². The molecule has 0 aliphatic carbocycles. The van der Waals surface area contributed by atoms with Crippen LogP contribution in [0.3, 0.4) is 0 Å². The van der Waals surface area contributed by atoms with Crippen LogP contribution in [0.2, 0.25) is 5.22 Å². The van der Waals surface area contributed by atoms with Crippen molar-refractivity contribution in [2.45, 2.75) is 0 Å². The van der Waals surface area contributed by atoms with E-state index >= 15 is 0 Å². The first-order valence-corrected chi connectivity index (χ1v) is 3.06. The van der Waals surface area contributed by atoms with Crippen LogP contribution in [0.25, 0.3) is 0 Å². The number of hydrogen-bond acceptors (Lipinski definition) is 3. The highest BCUT2D eigenvalue weighted by Gasteiger charge is 2.08. The smallest absolute Gasteiger partial charge is 0.300 e. The van der Waals surface area contributed by atoms with Gasteiger partial charge in [0.2, 0.25) is 0 Å². The molecule has 1 heterocycles. The summed E-state index contributed by atoms with van der Waals surface area (Å²) in [6.07, 6.45) is 1.47. The molecule has 5 heteroatoms. The Hall–Kier alpha value is -1.47. The number of furan rings is 1. The summed E-state index contributed by atoms with van der Waals surface area (Å²) >= 11 is 5.38. The van der Waals surface area contributed by atoms with E-state index in [0.29, 0.717) is 0 Å². The van der Waals surface area contributed by atoms with E-state index in [1.165, 1.54) is 18.3 Å². The molecular formula is C6H3ClN2O2. The van der Waals surface area contributed by atoms with E-state index in [1.807, 2.05) is 5.32 Å². The molecule has 4 nitrogen and oxygen atoms in total. The average molecular weight is 171 g/mol. The number of nitriles is 1. The van der Waals surface area contributed by atoms with Gasteiger partial charge < -0.3 is 4.42 Å². The van der Waals surface area contributed by atoms with Gasteiger partial charge in [-0.3, -0.25) is 10.1 Å². The van der Waals surface area contributed by atoms with Gasteiger partial charge in [-0.2, -0.15) is 5.26 Å². The Morgan fingerprint density at radius 3 is 2.91 bits per heavy atom. The molecule has 0 aliphatic rings. The molecule has 0 aromatic carbocycles. The Bertz CT molecular complexity index is 313. The Balaban J connectivity index is 2.78. The molecule has 1 N–H and O–H groups in total. The number of halogens is 1. The standard InChI is InChI=1S/C6H3ClN2O2/c7-5-2-1-4(11-5)6(10)9-3-8/h1-2H,(H,9,10). The molecule has 1 aromatic rings. The first-order valence-electron chi connectivity index (χ1n) is 2.69. The number of nitrogens with zero attached hydrogens (tertiary/aromatic N) is 1. The van der Waals surface area contributed by atoms with Crippen molar-refractivity contribution < 1.29 is 9.21 Å². The van der Waals surface area contributed by atoms with Gasteiger partial charge in [-0.05, 0) is 23.7 Å². The summed E-state index contributed by atoms with van der Waals surface area (Å²) in [6, 6.07) is 2.81. The zero-order valence-electron chi connectivity index (χ0n) is 5.30. The van der Waals surface area contributed by atoms with Crippen molar-refractivity contribution >= 4 is 17.5 Å². The van der Waals surface area contributed by atoms with E-state index in [4.69, 9.17) is 21.3 Å². The van der Waals surface area contributed by atoms with Gasteiger partial charge in [-0.15, -0.1) is 0 Å². The molecule has 0 atom stereocenters. The molecule has 0 spiro atoms. The predicted octanol–water partition coefficient (Wildman–Crippen LogP) is 1.14. The van der Waals surface area contributed by atoms with E-state index < -0.39 is 5.91 Å². The molecule has 0 bridgehead atoms. The zero-order valence-corrected chi connectivity index (χ0v) is 6.05. The van der Waals surface area contributed by atoms with Crippen molar-refractivity contribution in [1.29, 1.82) is 5.26 Å². The van der Waals surface area contributed by atoms with E-state index in [2.05, 4.69) is 0 Å². The van der Waals surface area contributed by atoms with Crippen molar-refractivity contribution in [3.8, 4) is 6.19 Å². The van der Waals surface area contributed by atoms with Crippen LogP contribution in [0.5, 0.6) is 0 Å². The first kappa shape index (κ1) is 7.63. The molecule has 1 amide bonds. The van der Waals surface area contributed by atoms with Crippen LogP contribution in [0, 0.1) is 11.5 Å². The number of carbonyl (C=O) groups is 1. The predicted molar refractivity (Wildman–Crippen MR) is 36.8 cm³/mol. The second kappa shape index (κ2) is 3.08. The summed E-state index contributed by atoms with van der Waals surface area (Å²) < 4.78 is 4.70. The molecule has 0 saturated heterocycles. The fourth-order valence-corrected chi connectivity index (χ4v) is 0.695. The minimum absolute atomic E-state index is 0.0246. The summed E-state index contributed by atoms with van der Waals surface area (Å²) in [5.74, 6) is -0.573. The summed E-state index contributed by atoms with van der Waals surface area (Å²) in [5, 5.41) is 10.1. The number of carbonyl (C=O) groups excluding carboxylic acids is 1. The molecule has 1 aromatic heterocycles. The van der Waals surface area contributed by atoms with Crippen LogP contribution in [0.4, 0.5) is 0 Å². The first-order chi connectivity index (χ1) is 5.24. The van der Waals surface area contributed by atoms with Crippen LogP contribution >= 0.6 is 11.6 Å². The van der Waals surface area contributed by atoms with E-state index in [1.54, 1.807) is 0 Å². The average Bonchev–Trinajstić information content (AvgIpc) is 2.36. The Morgan fingerprint density at radius 1 is 1.73 bits per heavy atom. The van der Waals surface area contributed by atoms with Crippen LogP contribution in [0.15, 0.2) is 16.5 Å². The van der Waals surface area contributed by atoms with Crippen LogP contribution in [-0.4, -0.2) is 5.91 Å². The monoisotopic (exact) mass is 170 g/mol. The van der Waals surface area contributed by atoms with Gasteiger partial charge in [-0.25, -0.2) is 0 Å². The molecule has 56 valence electrons. The number of hydrogen-bond donors (Lipinski definition) is 1. The lowest BCUT2D eigenvalue weighted by atomic mass is 10.4. The molecule has 0 radical (unpaired) electrons. The minimum Gasteiger partial charge on any atom is -0.440 e. The third-order valence-corrected chi connectivity index (χ3v) is 1.17. The van der Waals surface area contributed by atoms with Gasteiger partial charge >= 0.3 is 0 Å². The van der Waals surface area contributed by atoms with Gasteiger partial charge in [0.15, 0.2) is 17.2 Å². The fourth-order valence-electron chi connectivity index (χ4n) is 0.549. The molecule has 1 rings (SSSR count). The van der Waals surface area contributed by atoms with Gasteiger partial charge in [0.05, 0.1) is 0 Å². The normalized spacial score (nSPS) is 8.73. The summed E-state index contributed by atoms with van der Waals surface area (Å²) in [7, 11) is 0. The molecule has 0 saturated carbocycles. The van der Waals surface area contributed by atoms with E-state index in [-0.39, 0.29) is 11.0 Å². The molecule has 0 aliphatic heterocycles. The molecule has 0 fully saturated rings. The zero-order chi connectivity index (χ0) is 8.27. The van der Waals surface area contributed by atoms with Gasteiger partial charge in [0.25, 0.3) is 5.91 Å². The van der Waals surface area contributed by atoms with Gasteiger partial charge in [0, 0.05) is 0 Å². The van der Waals surface area contributed by atoms with E-state index in [0.717, 1.165) is 0 Å². The number of amides is 1. The van der Waals surface area contributed by atoms with E-state index in [9.17, 15) is 4.79 Å². The third-order valence-electron chi connectivity index (χ3n) is 0.966.